The van der Waals surface area contributed by atoms with Crippen LogP contribution in [0.1, 0.15) is 45.2 Å². The molecule has 1 fully saturated rings. The van der Waals surface area contributed by atoms with Crippen molar-refractivity contribution in [2.24, 2.45) is 0 Å². The van der Waals surface area contributed by atoms with E-state index in [1.165, 1.54) is 0 Å². The largest absolute Gasteiger partial charge is 0.449 e. The second-order valence-corrected chi connectivity index (χ2v) is 9.76. The number of amides is 1. The number of aromatic nitrogens is 5. The Bertz CT molecular complexity index is 1320. The van der Waals surface area contributed by atoms with Crippen LogP contribution in [0.4, 0.5) is 16.4 Å². The van der Waals surface area contributed by atoms with E-state index in [4.69, 9.17) is 14.7 Å². The minimum absolute atomic E-state index is 0.313. The van der Waals surface area contributed by atoms with Gasteiger partial charge in [0.25, 0.3) is 0 Å². The molecule has 35 heavy (non-hydrogen) atoms. The predicted molar refractivity (Wildman–Crippen MR) is 134 cm³/mol. The lowest BCUT2D eigenvalue weighted by atomic mass is 10.1. The number of fused-ring (bicyclic) bond motifs is 1. The number of imidazole rings is 1. The van der Waals surface area contributed by atoms with E-state index in [1.54, 1.807) is 18.6 Å². The first-order valence-electron chi connectivity index (χ1n) is 11.8. The maximum Gasteiger partial charge on any atom is 0.407 e. The van der Waals surface area contributed by atoms with Gasteiger partial charge in [0.1, 0.15) is 11.3 Å². The molecular weight excluding hydrogens is 442 g/mol. The smallest absolute Gasteiger partial charge is 0.407 e. The molecule has 1 aromatic carbocycles. The Morgan fingerprint density at radius 1 is 1.09 bits per heavy atom. The van der Waals surface area contributed by atoms with Gasteiger partial charge < -0.3 is 19.9 Å². The second kappa shape index (κ2) is 9.32. The van der Waals surface area contributed by atoms with Crippen molar-refractivity contribution in [1.82, 2.24) is 29.8 Å². The molecule has 0 spiro atoms. The van der Waals surface area contributed by atoms with Crippen LogP contribution in [0.3, 0.4) is 0 Å². The summed E-state index contributed by atoms with van der Waals surface area (Å²) in [7, 11) is 0. The van der Waals surface area contributed by atoms with Crippen molar-refractivity contribution in [3.05, 3.63) is 60.6 Å². The maximum absolute atomic E-state index is 11.8. The van der Waals surface area contributed by atoms with Crippen LogP contribution in [-0.2, 0) is 11.2 Å². The number of anilines is 2. The van der Waals surface area contributed by atoms with Crippen LogP contribution >= 0.6 is 0 Å². The number of hydrogen-bond acceptors (Lipinski definition) is 7. The number of alkyl carbamates (subject to hydrolysis) is 1. The highest BCUT2D eigenvalue weighted by molar-refractivity contribution is 5.78. The number of nitrogens with one attached hydrogen (secondary N) is 2. The summed E-state index contributed by atoms with van der Waals surface area (Å²) in [6.45, 7) is 6.07. The third-order valence-electron chi connectivity index (χ3n) is 5.59. The van der Waals surface area contributed by atoms with E-state index in [9.17, 15) is 4.79 Å². The van der Waals surface area contributed by atoms with Gasteiger partial charge in [0, 0.05) is 41.6 Å². The number of carbonyl (C=O) groups excluding carboxylic acids is 1. The average Bonchev–Trinajstić information content (AvgIpc) is 3.59. The fraction of sp³-hybridized carbons (Fsp3) is 0.346. The fourth-order valence-electron chi connectivity index (χ4n) is 3.82. The standard InChI is InChI=1S/C26H29N7O2/c1-26(2,3)32-25(34)35-15-12-17-4-6-19(7-5-17)29-24-28-16-21-23(31-24)33(20-8-9-20)22(30-21)18-10-13-27-14-11-18/h4-7,10-11,13-14,16,20H,8-9,12,15H2,1-3H3,(H,32,34)(H,28,29,31). The molecule has 0 bridgehead atoms. The van der Waals surface area contributed by atoms with Gasteiger partial charge in [0.2, 0.25) is 5.95 Å². The molecule has 9 heteroatoms. The molecular formula is C26H29N7O2. The van der Waals surface area contributed by atoms with E-state index >= 15 is 0 Å². The van der Waals surface area contributed by atoms with Gasteiger partial charge in [-0.3, -0.25) is 4.98 Å². The number of nitrogens with zero attached hydrogens (tertiary/aromatic N) is 5. The molecule has 1 aliphatic carbocycles. The van der Waals surface area contributed by atoms with Crippen LogP contribution < -0.4 is 10.6 Å². The van der Waals surface area contributed by atoms with Crippen molar-refractivity contribution in [3.63, 3.8) is 0 Å². The average molecular weight is 472 g/mol. The van der Waals surface area contributed by atoms with Crippen LogP contribution in [0, 0.1) is 0 Å². The Morgan fingerprint density at radius 3 is 2.51 bits per heavy atom. The molecule has 9 nitrogen and oxygen atoms in total. The summed E-state index contributed by atoms with van der Waals surface area (Å²) in [5.41, 5.74) is 4.27. The zero-order valence-corrected chi connectivity index (χ0v) is 20.2. The predicted octanol–water partition coefficient (Wildman–Crippen LogP) is 5.03. The molecule has 2 N–H and O–H groups in total. The van der Waals surface area contributed by atoms with Crippen molar-refractivity contribution >= 4 is 28.9 Å². The highest BCUT2D eigenvalue weighted by atomic mass is 16.5. The normalized spacial score (nSPS) is 13.6. The lowest BCUT2D eigenvalue weighted by molar-refractivity contribution is 0.139. The van der Waals surface area contributed by atoms with Gasteiger partial charge in [-0.15, -0.1) is 0 Å². The Balaban J connectivity index is 1.27. The van der Waals surface area contributed by atoms with Crippen molar-refractivity contribution in [2.45, 2.75) is 51.6 Å². The summed E-state index contributed by atoms with van der Waals surface area (Å²) in [5.74, 6) is 1.43. The number of pyridine rings is 1. The van der Waals surface area contributed by atoms with E-state index < -0.39 is 6.09 Å². The molecule has 0 saturated heterocycles. The summed E-state index contributed by atoms with van der Waals surface area (Å²) >= 11 is 0. The Morgan fingerprint density at radius 2 is 1.83 bits per heavy atom. The molecule has 3 heterocycles. The molecule has 0 unspecified atom stereocenters. The van der Waals surface area contributed by atoms with Crippen molar-refractivity contribution < 1.29 is 9.53 Å². The van der Waals surface area contributed by atoms with Crippen LogP contribution in [0.15, 0.2) is 55.0 Å². The Labute approximate surface area is 204 Å². The van der Waals surface area contributed by atoms with E-state index in [2.05, 4.69) is 25.2 Å². The summed E-state index contributed by atoms with van der Waals surface area (Å²) in [6, 6.07) is 12.3. The zero-order valence-electron chi connectivity index (χ0n) is 20.2. The number of benzene rings is 1. The van der Waals surface area contributed by atoms with Gasteiger partial charge >= 0.3 is 6.09 Å². The van der Waals surface area contributed by atoms with E-state index in [0.29, 0.717) is 25.0 Å². The molecule has 5 rings (SSSR count). The molecule has 0 aliphatic heterocycles. The van der Waals surface area contributed by atoms with E-state index in [1.807, 2.05) is 57.2 Å². The lowest BCUT2D eigenvalue weighted by Gasteiger charge is -2.19. The summed E-state index contributed by atoms with van der Waals surface area (Å²) in [5, 5.41) is 6.08. The molecule has 180 valence electrons. The van der Waals surface area contributed by atoms with Crippen molar-refractivity contribution in [2.75, 3.05) is 11.9 Å². The number of hydrogen-bond donors (Lipinski definition) is 2. The summed E-state index contributed by atoms with van der Waals surface area (Å²) in [6.07, 6.45) is 7.81. The van der Waals surface area contributed by atoms with Crippen LogP contribution in [0.2, 0.25) is 0 Å². The minimum Gasteiger partial charge on any atom is -0.449 e. The van der Waals surface area contributed by atoms with Gasteiger partial charge in [-0.25, -0.2) is 14.8 Å². The molecule has 0 atom stereocenters. The maximum atomic E-state index is 11.8. The van der Waals surface area contributed by atoms with Gasteiger partial charge in [-0.05, 0) is 63.4 Å². The molecule has 0 radical (unpaired) electrons. The first kappa shape index (κ1) is 22.8. The Kier molecular flexibility index (Phi) is 6.07. The topological polar surface area (TPSA) is 107 Å². The third-order valence-corrected chi connectivity index (χ3v) is 5.59. The van der Waals surface area contributed by atoms with Gasteiger partial charge in [-0.2, -0.15) is 4.98 Å². The monoisotopic (exact) mass is 471 g/mol. The highest BCUT2D eigenvalue weighted by Gasteiger charge is 2.29. The van der Waals surface area contributed by atoms with Crippen LogP contribution in [-0.4, -0.2) is 42.7 Å². The number of ether oxygens (including phenoxy) is 1. The van der Waals surface area contributed by atoms with E-state index in [-0.39, 0.29) is 5.54 Å². The van der Waals surface area contributed by atoms with Gasteiger partial charge in [-0.1, -0.05) is 12.1 Å². The Hall–Kier alpha value is -4.01. The molecule has 1 aliphatic rings. The lowest BCUT2D eigenvalue weighted by Crippen LogP contribution is -2.41. The molecule has 4 aromatic rings. The first-order chi connectivity index (χ1) is 16.9. The minimum atomic E-state index is -0.402. The SMILES string of the molecule is CC(C)(C)NC(=O)OCCc1ccc(Nc2ncc3nc(-c4ccncc4)n(C4CC4)c3n2)cc1. The van der Waals surface area contributed by atoms with Gasteiger partial charge in [0.15, 0.2) is 5.65 Å². The second-order valence-electron chi connectivity index (χ2n) is 9.76. The third kappa shape index (κ3) is 5.56. The van der Waals surface area contributed by atoms with Crippen molar-refractivity contribution in [1.29, 1.82) is 0 Å². The number of carbonyl (C=O) groups is 1. The van der Waals surface area contributed by atoms with Crippen LogP contribution in [0.25, 0.3) is 22.6 Å². The van der Waals surface area contributed by atoms with Crippen molar-refractivity contribution in [3.8, 4) is 11.4 Å². The van der Waals surface area contributed by atoms with E-state index in [0.717, 1.165) is 46.6 Å². The first-order valence-corrected chi connectivity index (χ1v) is 11.8. The van der Waals surface area contributed by atoms with Crippen LogP contribution in [0.5, 0.6) is 0 Å². The molecule has 1 saturated carbocycles. The fourth-order valence-corrected chi connectivity index (χ4v) is 3.82. The summed E-state index contributed by atoms with van der Waals surface area (Å²) < 4.78 is 7.48. The zero-order chi connectivity index (χ0) is 24.4. The summed E-state index contributed by atoms with van der Waals surface area (Å²) in [4.78, 5) is 30.0. The molecule has 3 aromatic heterocycles. The quantitative estimate of drug-likeness (QED) is 0.389. The number of rotatable bonds is 7. The molecule has 1 amide bonds. The van der Waals surface area contributed by atoms with Gasteiger partial charge in [0.05, 0.1) is 12.8 Å². The highest BCUT2D eigenvalue weighted by Crippen LogP contribution is 2.40.